The van der Waals surface area contributed by atoms with Gasteiger partial charge in [0.1, 0.15) is 0 Å². The van der Waals surface area contributed by atoms with Crippen LogP contribution in [0.5, 0.6) is 0 Å². The van der Waals surface area contributed by atoms with Gasteiger partial charge in [-0.2, -0.15) is 0 Å². The summed E-state index contributed by atoms with van der Waals surface area (Å²) in [6.45, 7) is 8.35. The Balaban J connectivity index is 2.11. The second-order valence-corrected chi connectivity index (χ2v) is 4.18. The van der Waals surface area contributed by atoms with Gasteiger partial charge in [0.15, 0.2) is 0 Å². The number of hydrogen-bond donors (Lipinski definition) is 0. The van der Waals surface area contributed by atoms with Crippen molar-refractivity contribution in [2.75, 3.05) is 0 Å². The Morgan fingerprint density at radius 1 is 1.38 bits per heavy atom. The summed E-state index contributed by atoms with van der Waals surface area (Å²) in [4.78, 5) is 0. The summed E-state index contributed by atoms with van der Waals surface area (Å²) in [6, 6.07) is 0. The van der Waals surface area contributed by atoms with E-state index in [-0.39, 0.29) is 0 Å². The summed E-state index contributed by atoms with van der Waals surface area (Å²) in [5, 5.41) is 0. The second-order valence-electron chi connectivity index (χ2n) is 4.18. The number of unbranched alkanes of at least 4 members (excludes halogenated alkanes) is 3. The Morgan fingerprint density at radius 3 is 2.69 bits per heavy atom. The lowest BCUT2D eigenvalue weighted by Crippen LogP contribution is -1.98. The molecule has 0 N–H and O–H groups in total. The van der Waals surface area contributed by atoms with E-state index < -0.39 is 0 Å². The Bertz CT molecular complexity index is 163. The Morgan fingerprint density at radius 2 is 2.15 bits per heavy atom. The highest BCUT2D eigenvalue weighted by molar-refractivity contribution is 4.98. The molecule has 1 heterocycles. The van der Waals surface area contributed by atoms with Crippen molar-refractivity contribution >= 4 is 0 Å². The lowest BCUT2D eigenvalue weighted by Gasteiger charge is -2.07. The van der Waals surface area contributed by atoms with Gasteiger partial charge in [0, 0.05) is 5.92 Å². The van der Waals surface area contributed by atoms with E-state index in [0.717, 1.165) is 5.76 Å². The average Bonchev–Trinajstić information content (AvgIpc) is 2.39. The first kappa shape index (κ1) is 10.6. The van der Waals surface area contributed by atoms with Gasteiger partial charge < -0.3 is 4.74 Å². The standard InChI is InChI=1S/C12H22O/c1-4-5-6-7-8-12-9-10(2)13-11(12)3/h10,12H,3-9H2,1-2H3/t10-,12?/m0/s1. The van der Waals surface area contributed by atoms with Gasteiger partial charge in [0.2, 0.25) is 0 Å². The maximum Gasteiger partial charge on any atom is 0.0961 e. The molecule has 0 aliphatic carbocycles. The fraction of sp³-hybridized carbons (Fsp3) is 0.833. The van der Waals surface area contributed by atoms with Crippen LogP contribution in [-0.4, -0.2) is 6.10 Å². The van der Waals surface area contributed by atoms with Gasteiger partial charge >= 0.3 is 0 Å². The fourth-order valence-corrected chi connectivity index (χ4v) is 2.03. The predicted molar refractivity (Wildman–Crippen MR) is 56.6 cm³/mol. The van der Waals surface area contributed by atoms with Crippen molar-refractivity contribution in [3.05, 3.63) is 12.3 Å². The van der Waals surface area contributed by atoms with E-state index in [2.05, 4.69) is 20.4 Å². The summed E-state index contributed by atoms with van der Waals surface area (Å²) in [5.41, 5.74) is 0. The molecule has 1 aliphatic heterocycles. The van der Waals surface area contributed by atoms with Crippen LogP contribution in [0.25, 0.3) is 0 Å². The molecule has 1 heteroatoms. The molecule has 1 nitrogen and oxygen atoms in total. The van der Waals surface area contributed by atoms with E-state index >= 15 is 0 Å². The minimum atomic E-state index is 0.406. The van der Waals surface area contributed by atoms with Crippen molar-refractivity contribution in [1.29, 1.82) is 0 Å². The zero-order valence-electron chi connectivity index (χ0n) is 9.01. The van der Waals surface area contributed by atoms with Crippen LogP contribution >= 0.6 is 0 Å². The number of allylic oxidation sites excluding steroid dienone is 1. The van der Waals surface area contributed by atoms with Gasteiger partial charge in [0.25, 0.3) is 0 Å². The van der Waals surface area contributed by atoms with Crippen LogP contribution < -0.4 is 0 Å². The van der Waals surface area contributed by atoms with Crippen molar-refractivity contribution in [2.24, 2.45) is 5.92 Å². The van der Waals surface area contributed by atoms with Gasteiger partial charge in [-0.3, -0.25) is 0 Å². The average molecular weight is 182 g/mol. The molecule has 0 saturated carbocycles. The topological polar surface area (TPSA) is 9.23 Å². The third-order valence-corrected chi connectivity index (χ3v) is 2.83. The van der Waals surface area contributed by atoms with Crippen LogP contribution in [0, 0.1) is 5.92 Å². The van der Waals surface area contributed by atoms with Gasteiger partial charge in [0.05, 0.1) is 11.9 Å². The van der Waals surface area contributed by atoms with Crippen LogP contribution in [0.4, 0.5) is 0 Å². The van der Waals surface area contributed by atoms with Gasteiger partial charge in [-0.15, -0.1) is 0 Å². The molecule has 0 aromatic carbocycles. The number of ether oxygens (including phenoxy) is 1. The van der Waals surface area contributed by atoms with Gasteiger partial charge in [-0.05, 0) is 19.8 Å². The Hall–Kier alpha value is -0.460. The number of rotatable bonds is 5. The monoisotopic (exact) mass is 182 g/mol. The van der Waals surface area contributed by atoms with Crippen molar-refractivity contribution < 1.29 is 4.74 Å². The lowest BCUT2D eigenvalue weighted by atomic mass is 9.96. The summed E-state index contributed by atoms with van der Waals surface area (Å²) >= 11 is 0. The van der Waals surface area contributed by atoms with Crippen molar-refractivity contribution in [3.8, 4) is 0 Å². The van der Waals surface area contributed by atoms with E-state index in [1.165, 1.54) is 38.5 Å². The third-order valence-electron chi connectivity index (χ3n) is 2.83. The highest BCUT2D eigenvalue weighted by Crippen LogP contribution is 2.32. The molecule has 0 radical (unpaired) electrons. The molecule has 0 bridgehead atoms. The lowest BCUT2D eigenvalue weighted by molar-refractivity contribution is 0.178. The first-order chi connectivity index (χ1) is 6.24. The van der Waals surface area contributed by atoms with E-state index in [0.29, 0.717) is 12.0 Å². The summed E-state index contributed by atoms with van der Waals surface area (Å²) in [7, 11) is 0. The molecule has 1 fully saturated rings. The zero-order valence-corrected chi connectivity index (χ0v) is 9.01. The molecule has 1 aliphatic rings. The normalized spacial score (nSPS) is 27.7. The molecular formula is C12H22O. The SMILES string of the molecule is C=C1O[C@@H](C)CC1CCCCCC. The van der Waals surface area contributed by atoms with E-state index in [1.54, 1.807) is 0 Å². The molecule has 2 atom stereocenters. The molecule has 1 saturated heterocycles. The fourth-order valence-electron chi connectivity index (χ4n) is 2.03. The second kappa shape index (κ2) is 5.31. The van der Waals surface area contributed by atoms with Gasteiger partial charge in [-0.1, -0.05) is 39.2 Å². The molecule has 13 heavy (non-hydrogen) atoms. The molecular weight excluding hydrogens is 160 g/mol. The Labute approximate surface area is 82.2 Å². The van der Waals surface area contributed by atoms with Gasteiger partial charge in [-0.25, -0.2) is 0 Å². The van der Waals surface area contributed by atoms with Crippen LogP contribution in [0.3, 0.4) is 0 Å². The largest absolute Gasteiger partial charge is 0.495 e. The molecule has 76 valence electrons. The summed E-state index contributed by atoms with van der Waals surface area (Å²) in [6.07, 6.45) is 8.27. The predicted octanol–water partition coefficient (Wildman–Crippen LogP) is 3.90. The van der Waals surface area contributed by atoms with Crippen LogP contribution in [0.1, 0.15) is 52.4 Å². The summed E-state index contributed by atoms with van der Waals surface area (Å²) in [5.74, 6) is 1.68. The van der Waals surface area contributed by atoms with Crippen molar-refractivity contribution in [2.45, 2.75) is 58.5 Å². The number of hydrogen-bond acceptors (Lipinski definition) is 1. The smallest absolute Gasteiger partial charge is 0.0961 e. The highest BCUT2D eigenvalue weighted by Gasteiger charge is 2.25. The first-order valence-corrected chi connectivity index (χ1v) is 5.59. The van der Waals surface area contributed by atoms with E-state index in [1.807, 2.05) is 0 Å². The molecule has 0 amide bonds. The molecule has 0 spiro atoms. The maximum absolute atomic E-state index is 5.54. The quantitative estimate of drug-likeness (QED) is 0.586. The van der Waals surface area contributed by atoms with Crippen molar-refractivity contribution in [1.82, 2.24) is 0 Å². The third kappa shape index (κ3) is 3.41. The maximum atomic E-state index is 5.54. The minimum absolute atomic E-state index is 0.406. The van der Waals surface area contributed by atoms with Crippen LogP contribution in [0.15, 0.2) is 12.3 Å². The molecule has 0 aromatic rings. The molecule has 0 aromatic heterocycles. The van der Waals surface area contributed by atoms with Crippen LogP contribution in [0.2, 0.25) is 0 Å². The first-order valence-electron chi connectivity index (χ1n) is 5.59. The Kier molecular flexibility index (Phi) is 4.34. The highest BCUT2D eigenvalue weighted by atomic mass is 16.5. The van der Waals surface area contributed by atoms with Crippen molar-refractivity contribution in [3.63, 3.8) is 0 Å². The van der Waals surface area contributed by atoms with E-state index in [9.17, 15) is 0 Å². The summed E-state index contributed by atoms with van der Waals surface area (Å²) < 4.78 is 5.54. The molecule has 1 rings (SSSR count). The molecule has 1 unspecified atom stereocenters. The van der Waals surface area contributed by atoms with E-state index in [4.69, 9.17) is 4.74 Å². The minimum Gasteiger partial charge on any atom is -0.495 e. The van der Waals surface area contributed by atoms with Crippen LogP contribution in [-0.2, 0) is 4.74 Å². The zero-order chi connectivity index (χ0) is 9.68.